The molecule has 4 heterocycles. The molecule has 3 aromatic heterocycles. The number of aryl methyl sites for hydroxylation is 1. The fourth-order valence-corrected chi connectivity index (χ4v) is 3.42. The zero-order valence-electron chi connectivity index (χ0n) is 14.2. The normalized spacial score (nSPS) is 15.8. The number of carbonyl (C=O) groups excluding carboxylic acids is 1. The average molecular weight is 339 g/mol. The minimum Gasteiger partial charge on any atom is -0.361 e. The standard InChI is InChI=1S/C18H21N5O2/c1-2-3-13-10-16(22-25-13)18(24)23-8-4-12(5-9-23)14-11-15-17(21-14)20-7-6-19-15/h6-7,10-12H,2-5,8-9H2,1H3,(H,20,21). The lowest BCUT2D eigenvalue weighted by Crippen LogP contribution is -2.38. The number of amides is 1. The van der Waals surface area contributed by atoms with Gasteiger partial charge < -0.3 is 14.4 Å². The first-order valence-corrected chi connectivity index (χ1v) is 8.79. The van der Waals surface area contributed by atoms with E-state index < -0.39 is 0 Å². The summed E-state index contributed by atoms with van der Waals surface area (Å²) in [5.41, 5.74) is 3.28. The smallest absolute Gasteiger partial charge is 0.276 e. The number of hydrogen-bond acceptors (Lipinski definition) is 5. The van der Waals surface area contributed by atoms with Gasteiger partial charge in [0.15, 0.2) is 11.3 Å². The molecule has 25 heavy (non-hydrogen) atoms. The molecule has 1 fully saturated rings. The van der Waals surface area contributed by atoms with Gasteiger partial charge in [0, 0.05) is 49.6 Å². The summed E-state index contributed by atoms with van der Waals surface area (Å²) in [6.45, 7) is 3.51. The highest BCUT2D eigenvalue weighted by Gasteiger charge is 2.27. The molecule has 0 aliphatic carbocycles. The first-order valence-electron chi connectivity index (χ1n) is 8.79. The summed E-state index contributed by atoms with van der Waals surface area (Å²) >= 11 is 0. The summed E-state index contributed by atoms with van der Waals surface area (Å²) in [6.07, 6.45) is 7.00. The molecule has 1 amide bonds. The molecule has 1 N–H and O–H groups in total. The molecule has 7 heteroatoms. The van der Waals surface area contributed by atoms with Gasteiger partial charge in [0.2, 0.25) is 0 Å². The van der Waals surface area contributed by atoms with Crippen LogP contribution in [0.15, 0.2) is 29.0 Å². The van der Waals surface area contributed by atoms with E-state index in [0.717, 1.165) is 61.4 Å². The second-order valence-corrected chi connectivity index (χ2v) is 6.51. The first-order chi connectivity index (χ1) is 12.2. The molecule has 1 saturated heterocycles. The molecule has 7 nitrogen and oxygen atoms in total. The number of hydrogen-bond donors (Lipinski definition) is 1. The van der Waals surface area contributed by atoms with Crippen LogP contribution in [-0.4, -0.2) is 44.0 Å². The summed E-state index contributed by atoms with van der Waals surface area (Å²) in [5, 5.41) is 3.93. The summed E-state index contributed by atoms with van der Waals surface area (Å²) in [7, 11) is 0. The maximum atomic E-state index is 12.6. The predicted molar refractivity (Wildman–Crippen MR) is 92.3 cm³/mol. The highest BCUT2D eigenvalue weighted by molar-refractivity contribution is 5.92. The Balaban J connectivity index is 1.41. The van der Waals surface area contributed by atoms with Crippen LogP contribution < -0.4 is 0 Å². The molecule has 0 spiro atoms. The molecular formula is C18H21N5O2. The summed E-state index contributed by atoms with van der Waals surface area (Å²) < 4.78 is 5.22. The minimum absolute atomic E-state index is 0.0375. The molecule has 1 aliphatic rings. The van der Waals surface area contributed by atoms with Gasteiger partial charge >= 0.3 is 0 Å². The number of likely N-dealkylation sites (tertiary alicyclic amines) is 1. The number of nitrogens with zero attached hydrogens (tertiary/aromatic N) is 4. The van der Waals surface area contributed by atoms with Crippen molar-refractivity contribution in [1.82, 2.24) is 25.0 Å². The van der Waals surface area contributed by atoms with Crippen LogP contribution in [0, 0.1) is 0 Å². The van der Waals surface area contributed by atoms with Gasteiger partial charge in [-0.25, -0.2) is 4.98 Å². The lowest BCUT2D eigenvalue weighted by molar-refractivity contribution is 0.0701. The number of aromatic nitrogens is 4. The Morgan fingerprint density at radius 3 is 2.84 bits per heavy atom. The molecule has 1 aliphatic heterocycles. The SMILES string of the molecule is CCCc1cc(C(=O)N2CCC(c3cc4nccnc4[nH]3)CC2)no1. The highest BCUT2D eigenvalue weighted by atomic mass is 16.5. The minimum atomic E-state index is -0.0375. The van der Waals surface area contributed by atoms with Gasteiger partial charge in [0.1, 0.15) is 11.3 Å². The largest absolute Gasteiger partial charge is 0.361 e. The maximum Gasteiger partial charge on any atom is 0.276 e. The van der Waals surface area contributed by atoms with Gasteiger partial charge in [-0.2, -0.15) is 0 Å². The predicted octanol–water partition coefficient (Wildman–Crippen LogP) is 2.92. The van der Waals surface area contributed by atoms with Gasteiger partial charge in [-0.1, -0.05) is 12.1 Å². The van der Waals surface area contributed by atoms with Crippen molar-refractivity contribution >= 4 is 17.1 Å². The highest BCUT2D eigenvalue weighted by Crippen LogP contribution is 2.29. The third kappa shape index (κ3) is 3.14. The van der Waals surface area contributed by atoms with Gasteiger partial charge in [-0.3, -0.25) is 9.78 Å². The Bertz CT molecular complexity index is 843. The number of piperidine rings is 1. The van der Waals surface area contributed by atoms with E-state index in [9.17, 15) is 4.79 Å². The quantitative estimate of drug-likeness (QED) is 0.789. The molecule has 0 atom stereocenters. The van der Waals surface area contributed by atoms with Crippen molar-refractivity contribution in [2.75, 3.05) is 13.1 Å². The average Bonchev–Trinajstić information content (AvgIpc) is 3.28. The van der Waals surface area contributed by atoms with E-state index in [-0.39, 0.29) is 5.91 Å². The van der Waals surface area contributed by atoms with E-state index in [4.69, 9.17) is 4.52 Å². The molecule has 0 saturated carbocycles. The number of rotatable bonds is 4. The topological polar surface area (TPSA) is 87.9 Å². The molecule has 130 valence electrons. The molecule has 0 aromatic carbocycles. The molecular weight excluding hydrogens is 318 g/mol. The van der Waals surface area contributed by atoms with E-state index in [1.165, 1.54) is 0 Å². The Morgan fingerprint density at radius 1 is 1.28 bits per heavy atom. The van der Waals surface area contributed by atoms with Gasteiger partial charge in [0.25, 0.3) is 5.91 Å². The molecule has 3 aromatic rings. The van der Waals surface area contributed by atoms with Gasteiger partial charge in [-0.05, 0) is 25.3 Å². The van der Waals surface area contributed by atoms with Crippen molar-refractivity contribution in [3.8, 4) is 0 Å². The monoisotopic (exact) mass is 339 g/mol. The zero-order chi connectivity index (χ0) is 17.2. The maximum absolute atomic E-state index is 12.6. The Hall–Kier alpha value is -2.70. The fraction of sp³-hybridized carbons (Fsp3) is 0.444. The van der Waals surface area contributed by atoms with Crippen molar-refractivity contribution in [3.63, 3.8) is 0 Å². The van der Waals surface area contributed by atoms with E-state index >= 15 is 0 Å². The Labute approximate surface area is 145 Å². The van der Waals surface area contributed by atoms with Crippen LogP contribution in [-0.2, 0) is 6.42 Å². The van der Waals surface area contributed by atoms with Gasteiger partial charge in [0.05, 0.1) is 0 Å². The lowest BCUT2D eigenvalue weighted by Gasteiger charge is -2.31. The number of fused-ring (bicyclic) bond motifs is 1. The van der Waals surface area contributed by atoms with E-state index in [1.54, 1.807) is 18.5 Å². The van der Waals surface area contributed by atoms with Crippen molar-refractivity contribution in [3.05, 3.63) is 41.7 Å². The van der Waals surface area contributed by atoms with Crippen molar-refractivity contribution in [2.24, 2.45) is 0 Å². The van der Waals surface area contributed by atoms with Crippen molar-refractivity contribution in [1.29, 1.82) is 0 Å². The fourth-order valence-electron chi connectivity index (χ4n) is 3.42. The second kappa shape index (κ2) is 6.66. The number of aromatic amines is 1. The number of nitrogens with one attached hydrogen (secondary N) is 1. The zero-order valence-corrected chi connectivity index (χ0v) is 14.2. The van der Waals surface area contributed by atoms with E-state index in [0.29, 0.717) is 11.6 Å². The molecule has 4 rings (SSSR count). The molecule has 0 radical (unpaired) electrons. The summed E-state index contributed by atoms with van der Waals surface area (Å²) in [5.74, 6) is 1.14. The second-order valence-electron chi connectivity index (χ2n) is 6.51. The Morgan fingerprint density at radius 2 is 2.08 bits per heavy atom. The van der Waals surface area contributed by atoms with E-state index in [1.807, 2.05) is 4.90 Å². The van der Waals surface area contributed by atoms with Crippen LogP contribution in [0.2, 0.25) is 0 Å². The van der Waals surface area contributed by atoms with Crippen LogP contribution in [0.4, 0.5) is 0 Å². The third-order valence-electron chi connectivity index (χ3n) is 4.78. The third-order valence-corrected chi connectivity index (χ3v) is 4.78. The van der Waals surface area contributed by atoms with Crippen LogP contribution in [0.3, 0.4) is 0 Å². The van der Waals surface area contributed by atoms with Crippen LogP contribution in [0.25, 0.3) is 11.2 Å². The first kappa shape index (κ1) is 15.8. The molecule has 0 bridgehead atoms. The summed E-state index contributed by atoms with van der Waals surface area (Å²) in [6, 6.07) is 3.84. The number of carbonyl (C=O) groups is 1. The van der Waals surface area contributed by atoms with Crippen LogP contribution >= 0.6 is 0 Å². The molecule has 0 unspecified atom stereocenters. The van der Waals surface area contributed by atoms with E-state index in [2.05, 4.69) is 33.1 Å². The lowest BCUT2D eigenvalue weighted by atomic mass is 9.93. The van der Waals surface area contributed by atoms with Gasteiger partial charge in [-0.15, -0.1) is 0 Å². The van der Waals surface area contributed by atoms with Crippen molar-refractivity contribution < 1.29 is 9.32 Å². The van der Waals surface area contributed by atoms with Crippen LogP contribution in [0.5, 0.6) is 0 Å². The number of H-pyrrole nitrogens is 1. The van der Waals surface area contributed by atoms with Crippen molar-refractivity contribution in [2.45, 2.75) is 38.5 Å². The summed E-state index contributed by atoms with van der Waals surface area (Å²) in [4.78, 5) is 26.4. The Kier molecular flexibility index (Phi) is 4.21. The van der Waals surface area contributed by atoms with Crippen LogP contribution in [0.1, 0.15) is 54.0 Å².